The number of aromatic nitrogens is 2. The Kier molecular flexibility index (Phi) is 4.50. The molecule has 0 unspecified atom stereocenters. The molecule has 0 saturated carbocycles. The number of nitrogens with one attached hydrogen (secondary N) is 1. The first-order valence-corrected chi connectivity index (χ1v) is 8.68. The molecule has 1 aliphatic heterocycles. The van der Waals surface area contributed by atoms with E-state index in [9.17, 15) is 22.8 Å². The van der Waals surface area contributed by atoms with Gasteiger partial charge in [-0.2, -0.15) is 0 Å². The van der Waals surface area contributed by atoms with Gasteiger partial charge in [0, 0.05) is 19.3 Å². The Bertz CT molecular complexity index is 1090. The number of pyridine rings is 1. The van der Waals surface area contributed by atoms with Gasteiger partial charge in [0.2, 0.25) is 5.82 Å². The molecule has 1 saturated heterocycles. The number of benzene rings is 1. The van der Waals surface area contributed by atoms with Gasteiger partial charge in [-0.25, -0.2) is 18.2 Å². The van der Waals surface area contributed by atoms with Crippen molar-refractivity contribution in [3.05, 3.63) is 65.5 Å². The first kappa shape index (κ1) is 18.0. The minimum Gasteiger partial charge on any atom is -0.337 e. The van der Waals surface area contributed by atoms with Gasteiger partial charge in [0.1, 0.15) is 0 Å². The highest BCUT2D eigenvalue weighted by molar-refractivity contribution is 6.06. The normalized spacial score (nSPS) is 13.9. The molecule has 1 N–H and O–H groups in total. The maximum absolute atomic E-state index is 13.9. The largest absolute Gasteiger partial charge is 0.337 e. The van der Waals surface area contributed by atoms with Gasteiger partial charge in [0.05, 0.1) is 11.2 Å². The van der Waals surface area contributed by atoms with E-state index >= 15 is 0 Å². The second-order valence-corrected chi connectivity index (χ2v) is 6.42. The Balaban J connectivity index is 1.72. The average Bonchev–Trinajstić information content (AvgIpc) is 3.36. The fourth-order valence-corrected chi connectivity index (χ4v) is 3.23. The maximum atomic E-state index is 13.9. The first-order valence-electron chi connectivity index (χ1n) is 8.68. The molecule has 9 heteroatoms. The summed E-state index contributed by atoms with van der Waals surface area (Å²) in [6, 6.07) is 6.62. The van der Waals surface area contributed by atoms with Crippen molar-refractivity contribution in [1.82, 2.24) is 14.3 Å². The number of hydrogen-bond donors (Lipinski definition) is 1. The van der Waals surface area contributed by atoms with Crippen LogP contribution in [0.1, 0.15) is 33.9 Å². The summed E-state index contributed by atoms with van der Waals surface area (Å²) >= 11 is 0. The van der Waals surface area contributed by atoms with E-state index in [1.165, 1.54) is 4.40 Å². The van der Waals surface area contributed by atoms with Gasteiger partial charge >= 0.3 is 0 Å². The highest BCUT2D eigenvalue weighted by Crippen LogP contribution is 2.22. The molecule has 3 aromatic rings. The monoisotopic (exact) mass is 388 g/mol. The van der Waals surface area contributed by atoms with Gasteiger partial charge in [-0.05, 0) is 37.1 Å². The van der Waals surface area contributed by atoms with Crippen molar-refractivity contribution in [2.45, 2.75) is 12.8 Å². The number of nitrogens with zero attached hydrogens (tertiary/aromatic N) is 3. The number of likely N-dealkylation sites (tertiary alicyclic amines) is 1. The van der Waals surface area contributed by atoms with Crippen molar-refractivity contribution in [2.75, 3.05) is 18.4 Å². The van der Waals surface area contributed by atoms with Gasteiger partial charge in [-0.15, -0.1) is 0 Å². The summed E-state index contributed by atoms with van der Waals surface area (Å²) < 4.78 is 41.8. The van der Waals surface area contributed by atoms with Crippen LogP contribution in [0, 0.1) is 17.5 Å². The summed E-state index contributed by atoms with van der Waals surface area (Å²) in [6.45, 7) is 1.23. The molecule has 28 heavy (non-hydrogen) atoms. The maximum Gasteiger partial charge on any atom is 0.292 e. The van der Waals surface area contributed by atoms with Crippen molar-refractivity contribution in [1.29, 1.82) is 0 Å². The third kappa shape index (κ3) is 2.98. The van der Waals surface area contributed by atoms with E-state index in [4.69, 9.17) is 0 Å². The molecular formula is C19H15F3N4O2. The van der Waals surface area contributed by atoms with Crippen LogP contribution in [-0.2, 0) is 0 Å². The molecule has 0 aliphatic carbocycles. The van der Waals surface area contributed by atoms with Crippen LogP contribution in [-0.4, -0.2) is 39.2 Å². The lowest BCUT2D eigenvalue weighted by molar-refractivity contribution is 0.0789. The fourth-order valence-electron chi connectivity index (χ4n) is 3.23. The summed E-state index contributed by atoms with van der Waals surface area (Å²) in [7, 11) is 0. The molecule has 0 spiro atoms. The zero-order chi connectivity index (χ0) is 19.8. The molecule has 4 rings (SSSR count). The van der Waals surface area contributed by atoms with Crippen LogP contribution in [0.4, 0.5) is 18.9 Å². The Hall–Kier alpha value is -3.36. The second kappa shape index (κ2) is 6.99. The Morgan fingerprint density at radius 1 is 1.00 bits per heavy atom. The molecule has 2 aromatic heterocycles. The van der Waals surface area contributed by atoms with E-state index < -0.39 is 29.0 Å². The van der Waals surface area contributed by atoms with Crippen molar-refractivity contribution < 1.29 is 22.8 Å². The number of rotatable bonds is 3. The lowest BCUT2D eigenvalue weighted by atomic mass is 10.2. The molecule has 1 aliphatic rings. The predicted octanol–water partition coefficient (Wildman–Crippen LogP) is 3.24. The zero-order valence-corrected chi connectivity index (χ0v) is 14.6. The quantitative estimate of drug-likeness (QED) is 0.701. The van der Waals surface area contributed by atoms with E-state index in [1.807, 2.05) is 0 Å². The molecule has 1 aromatic carbocycles. The summed E-state index contributed by atoms with van der Waals surface area (Å²) in [4.78, 5) is 31.2. The highest BCUT2D eigenvalue weighted by atomic mass is 19.2. The molecule has 1 fully saturated rings. The van der Waals surface area contributed by atoms with Gasteiger partial charge in [-0.1, -0.05) is 6.07 Å². The van der Waals surface area contributed by atoms with Crippen LogP contribution in [0.25, 0.3) is 5.52 Å². The topological polar surface area (TPSA) is 66.7 Å². The first-order chi connectivity index (χ1) is 13.5. The van der Waals surface area contributed by atoms with Gasteiger partial charge in [-0.3, -0.25) is 14.0 Å². The van der Waals surface area contributed by atoms with Crippen LogP contribution in [0.2, 0.25) is 0 Å². The molecule has 2 amide bonds. The Morgan fingerprint density at radius 2 is 1.75 bits per heavy atom. The third-order valence-corrected chi connectivity index (χ3v) is 4.63. The Labute approximate surface area is 157 Å². The smallest absolute Gasteiger partial charge is 0.292 e. The van der Waals surface area contributed by atoms with Crippen molar-refractivity contribution in [3.63, 3.8) is 0 Å². The van der Waals surface area contributed by atoms with E-state index in [0.717, 1.165) is 18.9 Å². The lowest BCUT2D eigenvalue weighted by Crippen LogP contribution is -2.28. The molecule has 144 valence electrons. The van der Waals surface area contributed by atoms with Crippen molar-refractivity contribution >= 4 is 23.0 Å². The number of imidazole rings is 1. The van der Waals surface area contributed by atoms with E-state index in [2.05, 4.69) is 10.3 Å². The molecule has 0 radical (unpaired) electrons. The number of fused-ring (bicyclic) bond motifs is 1. The van der Waals surface area contributed by atoms with E-state index in [1.54, 1.807) is 29.3 Å². The predicted molar refractivity (Wildman–Crippen MR) is 94.6 cm³/mol. The van der Waals surface area contributed by atoms with Crippen LogP contribution >= 0.6 is 0 Å². The number of anilines is 1. The molecule has 0 atom stereocenters. The minimum atomic E-state index is -1.68. The van der Waals surface area contributed by atoms with Gasteiger partial charge < -0.3 is 10.2 Å². The van der Waals surface area contributed by atoms with Gasteiger partial charge in [0.25, 0.3) is 11.8 Å². The SMILES string of the molecule is O=C(Nc1ccc(F)c(F)c1F)c1nc(C(=O)N2CCCC2)c2ccccn12. The van der Waals surface area contributed by atoms with Gasteiger partial charge in [0.15, 0.2) is 23.1 Å². The van der Waals surface area contributed by atoms with E-state index in [-0.39, 0.29) is 17.4 Å². The molecular weight excluding hydrogens is 373 g/mol. The highest BCUT2D eigenvalue weighted by Gasteiger charge is 2.27. The third-order valence-electron chi connectivity index (χ3n) is 4.63. The van der Waals surface area contributed by atoms with Crippen LogP contribution in [0.5, 0.6) is 0 Å². The van der Waals surface area contributed by atoms with Crippen molar-refractivity contribution in [2.24, 2.45) is 0 Å². The number of carbonyl (C=O) groups excluding carboxylic acids is 2. The standard InChI is InChI=1S/C19H15F3N4O2/c20-11-6-7-12(15(22)14(11)21)23-18(27)17-24-16(13-5-1-2-10-26(13)17)19(28)25-8-3-4-9-25/h1-2,5-7,10H,3-4,8-9H2,(H,23,27). The number of halogens is 3. The van der Waals surface area contributed by atoms with Crippen LogP contribution in [0.3, 0.4) is 0 Å². The summed E-state index contributed by atoms with van der Waals surface area (Å²) in [5.74, 6) is -5.87. The lowest BCUT2D eigenvalue weighted by Gasteiger charge is -2.13. The van der Waals surface area contributed by atoms with Crippen molar-refractivity contribution in [3.8, 4) is 0 Å². The summed E-state index contributed by atoms with van der Waals surface area (Å²) in [5.41, 5.74) is 0.0118. The molecule has 0 bridgehead atoms. The second-order valence-electron chi connectivity index (χ2n) is 6.42. The number of hydrogen-bond acceptors (Lipinski definition) is 3. The fraction of sp³-hybridized carbons (Fsp3) is 0.211. The minimum absolute atomic E-state index is 0.110. The average molecular weight is 388 g/mol. The van der Waals surface area contributed by atoms with Crippen LogP contribution < -0.4 is 5.32 Å². The summed E-state index contributed by atoms with van der Waals surface area (Å²) in [5, 5.41) is 2.18. The zero-order valence-electron chi connectivity index (χ0n) is 14.6. The molecule has 3 heterocycles. The number of amides is 2. The molecule has 6 nitrogen and oxygen atoms in total. The van der Waals surface area contributed by atoms with E-state index in [0.29, 0.717) is 24.7 Å². The summed E-state index contributed by atoms with van der Waals surface area (Å²) in [6.07, 6.45) is 3.35. The number of carbonyl (C=O) groups is 2. The van der Waals surface area contributed by atoms with Crippen LogP contribution in [0.15, 0.2) is 36.5 Å². The Morgan fingerprint density at radius 3 is 2.50 bits per heavy atom.